The minimum Gasteiger partial charge on any atom is -0.352 e. The molecular weight excluding hydrogens is 269 g/mol. The summed E-state index contributed by atoms with van der Waals surface area (Å²) in [5.74, 6) is 4.92. The lowest BCUT2D eigenvalue weighted by molar-refractivity contribution is -0.144. The van der Waals surface area contributed by atoms with Crippen molar-refractivity contribution in [2.75, 3.05) is 6.54 Å². The van der Waals surface area contributed by atoms with Crippen molar-refractivity contribution in [3.63, 3.8) is 0 Å². The Hall–Kier alpha value is -2.00. The molecule has 0 aliphatic heterocycles. The first-order valence-corrected chi connectivity index (χ1v) is 6.02. The lowest BCUT2D eigenvalue weighted by Gasteiger charge is -2.07. The molecule has 0 aliphatic rings. The van der Waals surface area contributed by atoms with Crippen LogP contribution in [0.5, 0.6) is 0 Å². The monoisotopic (exact) mass is 284 g/mol. The molecule has 0 bridgehead atoms. The number of halogens is 3. The number of carbonyl (C=O) groups excluding carboxylic acids is 1. The van der Waals surface area contributed by atoms with Crippen LogP contribution >= 0.6 is 0 Å². The maximum atomic E-state index is 11.9. The number of hydrogen-bond donors (Lipinski definition) is 2. The third-order valence-corrected chi connectivity index (χ3v) is 2.39. The van der Waals surface area contributed by atoms with E-state index in [1.165, 1.54) is 0 Å². The Bertz CT molecular complexity index is 515. The van der Waals surface area contributed by atoms with Crippen LogP contribution in [0.25, 0.3) is 0 Å². The Kier molecular flexibility index (Phi) is 6.07. The van der Waals surface area contributed by atoms with Gasteiger partial charge in [0.1, 0.15) is 0 Å². The van der Waals surface area contributed by atoms with Gasteiger partial charge in [-0.25, -0.2) is 0 Å². The summed E-state index contributed by atoms with van der Waals surface area (Å²) < 4.78 is 35.8. The molecule has 20 heavy (non-hydrogen) atoms. The van der Waals surface area contributed by atoms with E-state index in [4.69, 9.17) is 5.73 Å². The summed E-state index contributed by atoms with van der Waals surface area (Å²) in [5, 5.41) is 2.44. The number of alkyl halides is 3. The van der Waals surface area contributed by atoms with E-state index in [9.17, 15) is 18.0 Å². The Labute approximate surface area is 115 Å². The standard InChI is InChI=1S/C14H15F3N2O/c15-14(16,17)7-6-13(20)19-10-12-4-1-3-11(9-12)5-2-8-18/h1,3-4,9H,6-8,10,18H2,(H,19,20). The average Bonchev–Trinajstić information content (AvgIpc) is 2.40. The minimum atomic E-state index is -4.31. The molecule has 0 aromatic heterocycles. The number of nitrogens with one attached hydrogen (secondary N) is 1. The molecule has 0 fully saturated rings. The highest BCUT2D eigenvalue weighted by Crippen LogP contribution is 2.21. The van der Waals surface area contributed by atoms with Crippen LogP contribution < -0.4 is 11.1 Å². The largest absolute Gasteiger partial charge is 0.389 e. The van der Waals surface area contributed by atoms with Gasteiger partial charge in [-0.1, -0.05) is 24.0 Å². The van der Waals surface area contributed by atoms with Crippen LogP contribution in [0.2, 0.25) is 0 Å². The van der Waals surface area contributed by atoms with Crippen LogP contribution in [0, 0.1) is 11.8 Å². The quantitative estimate of drug-likeness (QED) is 0.830. The lowest BCUT2D eigenvalue weighted by atomic mass is 10.1. The van der Waals surface area contributed by atoms with Gasteiger partial charge in [0.25, 0.3) is 0 Å². The smallest absolute Gasteiger partial charge is 0.352 e. The van der Waals surface area contributed by atoms with Gasteiger partial charge in [-0.2, -0.15) is 13.2 Å². The molecule has 0 atom stereocenters. The van der Waals surface area contributed by atoms with Gasteiger partial charge in [-0.15, -0.1) is 0 Å². The Morgan fingerprint density at radius 2 is 2.10 bits per heavy atom. The Morgan fingerprint density at radius 1 is 1.35 bits per heavy atom. The second-order valence-corrected chi connectivity index (χ2v) is 4.10. The minimum absolute atomic E-state index is 0.175. The van der Waals surface area contributed by atoms with Crippen LogP contribution in [0.4, 0.5) is 13.2 Å². The third-order valence-electron chi connectivity index (χ3n) is 2.39. The molecule has 1 amide bonds. The van der Waals surface area contributed by atoms with Crippen molar-refractivity contribution in [3.8, 4) is 11.8 Å². The van der Waals surface area contributed by atoms with E-state index in [1.807, 2.05) is 0 Å². The maximum absolute atomic E-state index is 11.9. The predicted molar refractivity (Wildman–Crippen MR) is 69.5 cm³/mol. The van der Waals surface area contributed by atoms with Crippen molar-refractivity contribution in [2.24, 2.45) is 5.73 Å². The SMILES string of the molecule is NCC#Cc1cccc(CNC(=O)CCC(F)(F)F)c1. The van der Waals surface area contributed by atoms with Crippen molar-refractivity contribution in [1.82, 2.24) is 5.32 Å². The van der Waals surface area contributed by atoms with Gasteiger partial charge in [0.15, 0.2) is 0 Å². The predicted octanol–water partition coefficient (Wildman–Crippen LogP) is 1.96. The molecule has 1 rings (SSSR count). The molecule has 0 saturated carbocycles. The molecule has 1 aromatic carbocycles. The zero-order valence-corrected chi connectivity index (χ0v) is 10.8. The van der Waals surface area contributed by atoms with Crippen LogP contribution in [-0.4, -0.2) is 18.6 Å². The fraction of sp³-hybridized carbons (Fsp3) is 0.357. The average molecular weight is 284 g/mol. The number of hydrogen-bond acceptors (Lipinski definition) is 2. The molecule has 0 heterocycles. The number of rotatable bonds is 4. The van der Waals surface area contributed by atoms with Gasteiger partial charge in [0, 0.05) is 18.5 Å². The van der Waals surface area contributed by atoms with Crippen molar-refractivity contribution in [3.05, 3.63) is 35.4 Å². The fourth-order valence-electron chi connectivity index (χ4n) is 1.46. The topological polar surface area (TPSA) is 55.1 Å². The Balaban J connectivity index is 2.47. The lowest BCUT2D eigenvalue weighted by Crippen LogP contribution is -2.24. The first-order valence-electron chi connectivity index (χ1n) is 6.02. The molecule has 0 radical (unpaired) electrons. The molecule has 3 N–H and O–H groups in total. The van der Waals surface area contributed by atoms with Gasteiger partial charge in [-0.05, 0) is 17.7 Å². The van der Waals surface area contributed by atoms with Crippen LogP contribution in [-0.2, 0) is 11.3 Å². The van der Waals surface area contributed by atoms with Crippen LogP contribution in [0.3, 0.4) is 0 Å². The third kappa shape index (κ3) is 6.81. The summed E-state index contributed by atoms with van der Waals surface area (Å²) >= 11 is 0. The van der Waals surface area contributed by atoms with Gasteiger partial charge >= 0.3 is 6.18 Å². The molecular formula is C14H15F3N2O. The summed E-state index contributed by atoms with van der Waals surface area (Å²) in [4.78, 5) is 11.3. The van der Waals surface area contributed by atoms with E-state index in [2.05, 4.69) is 17.2 Å². The highest BCUT2D eigenvalue weighted by atomic mass is 19.4. The first-order chi connectivity index (χ1) is 9.40. The van der Waals surface area contributed by atoms with Crippen LogP contribution in [0.1, 0.15) is 24.0 Å². The van der Waals surface area contributed by atoms with E-state index in [0.29, 0.717) is 0 Å². The summed E-state index contributed by atoms with van der Waals surface area (Å²) in [6, 6.07) is 7.07. The summed E-state index contributed by atoms with van der Waals surface area (Å²) in [6.07, 6.45) is -5.98. The number of benzene rings is 1. The number of carbonyl (C=O) groups is 1. The second-order valence-electron chi connectivity index (χ2n) is 4.10. The van der Waals surface area contributed by atoms with E-state index in [-0.39, 0.29) is 13.1 Å². The molecule has 0 saturated heterocycles. The van der Waals surface area contributed by atoms with Gasteiger partial charge in [0.2, 0.25) is 5.91 Å². The zero-order chi connectivity index (χ0) is 15.0. The number of amides is 1. The summed E-state index contributed by atoms with van der Waals surface area (Å²) in [5.41, 5.74) is 6.78. The van der Waals surface area contributed by atoms with Crippen molar-refractivity contribution in [2.45, 2.75) is 25.6 Å². The molecule has 0 aliphatic carbocycles. The molecule has 108 valence electrons. The fourth-order valence-corrected chi connectivity index (χ4v) is 1.46. The first kappa shape index (κ1) is 16.1. The highest BCUT2D eigenvalue weighted by Gasteiger charge is 2.27. The molecule has 6 heteroatoms. The van der Waals surface area contributed by atoms with E-state index < -0.39 is 24.9 Å². The van der Waals surface area contributed by atoms with Gasteiger partial charge in [0.05, 0.1) is 13.0 Å². The number of nitrogens with two attached hydrogens (primary N) is 1. The molecule has 1 aromatic rings. The van der Waals surface area contributed by atoms with Crippen molar-refractivity contribution < 1.29 is 18.0 Å². The van der Waals surface area contributed by atoms with Crippen molar-refractivity contribution in [1.29, 1.82) is 0 Å². The second kappa shape index (κ2) is 7.56. The van der Waals surface area contributed by atoms with Gasteiger partial charge < -0.3 is 11.1 Å². The van der Waals surface area contributed by atoms with Crippen LogP contribution in [0.15, 0.2) is 24.3 Å². The van der Waals surface area contributed by atoms with Crippen molar-refractivity contribution >= 4 is 5.91 Å². The highest BCUT2D eigenvalue weighted by molar-refractivity contribution is 5.75. The maximum Gasteiger partial charge on any atom is 0.389 e. The Morgan fingerprint density at radius 3 is 2.75 bits per heavy atom. The summed E-state index contributed by atoms with van der Waals surface area (Å²) in [7, 11) is 0. The normalized spacial score (nSPS) is 10.6. The molecule has 0 spiro atoms. The zero-order valence-electron chi connectivity index (χ0n) is 10.8. The van der Waals surface area contributed by atoms with E-state index in [1.54, 1.807) is 24.3 Å². The van der Waals surface area contributed by atoms with E-state index in [0.717, 1.165) is 11.1 Å². The molecule has 3 nitrogen and oxygen atoms in total. The summed E-state index contributed by atoms with van der Waals surface area (Å²) in [6.45, 7) is 0.424. The van der Waals surface area contributed by atoms with E-state index >= 15 is 0 Å². The molecule has 0 unspecified atom stereocenters. The van der Waals surface area contributed by atoms with Gasteiger partial charge in [-0.3, -0.25) is 4.79 Å².